The maximum atomic E-state index is 5.68. The molecule has 4 nitrogen and oxygen atoms in total. The number of hydrogen-bond donors (Lipinski definition) is 2. The van der Waals surface area contributed by atoms with Gasteiger partial charge in [-0.05, 0) is 35.0 Å². The van der Waals surface area contributed by atoms with Crippen molar-refractivity contribution in [2.75, 3.05) is 12.8 Å². The van der Waals surface area contributed by atoms with E-state index in [9.17, 15) is 0 Å². The molecule has 0 saturated carbocycles. The molecule has 0 amide bonds. The van der Waals surface area contributed by atoms with Crippen molar-refractivity contribution in [1.29, 1.82) is 0 Å². The zero-order valence-corrected chi connectivity index (χ0v) is 10.6. The van der Waals surface area contributed by atoms with E-state index in [0.29, 0.717) is 5.82 Å². The number of hydrogen-bond acceptors (Lipinski definition) is 3. The van der Waals surface area contributed by atoms with Gasteiger partial charge in [-0.2, -0.15) is 5.10 Å². The summed E-state index contributed by atoms with van der Waals surface area (Å²) < 4.78 is 6.07. The van der Waals surface area contributed by atoms with Gasteiger partial charge in [0.05, 0.1) is 17.3 Å². The number of methoxy groups -OCH3 is 1. The zero-order valence-electron chi connectivity index (χ0n) is 9.04. The number of H-pyrrole nitrogens is 1. The fraction of sp³-hybridized carbons (Fsp3) is 0.182. The van der Waals surface area contributed by atoms with Gasteiger partial charge in [-0.15, -0.1) is 0 Å². The SMILES string of the molecule is COc1ccc(C)cc1-c1[nH]nc(N)c1Br. The Morgan fingerprint density at radius 1 is 1.44 bits per heavy atom. The summed E-state index contributed by atoms with van der Waals surface area (Å²) in [6, 6.07) is 5.95. The second kappa shape index (κ2) is 4.17. The van der Waals surface area contributed by atoms with Crippen molar-refractivity contribution in [2.24, 2.45) is 0 Å². The van der Waals surface area contributed by atoms with Crippen LogP contribution in [0.1, 0.15) is 5.56 Å². The predicted octanol–water partition coefficient (Wildman–Crippen LogP) is 2.74. The minimum Gasteiger partial charge on any atom is -0.496 e. The molecule has 0 aliphatic rings. The number of nitrogens with zero attached hydrogens (tertiary/aromatic N) is 1. The summed E-state index contributed by atoms with van der Waals surface area (Å²) in [5.41, 5.74) is 8.60. The predicted molar refractivity (Wildman–Crippen MR) is 67.4 cm³/mol. The number of nitrogens with one attached hydrogen (secondary N) is 1. The van der Waals surface area contributed by atoms with E-state index in [-0.39, 0.29) is 0 Å². The molecule has 84 valence electrons. The molecular formula is C11H12BrN3O. The molecule has 0 aliphatic heterocycles. The van der Waals surface area contributed by atoms with Crippen molar-refractivity contribution in [3.8, 4) is 17.0 Å². The lowest BCUT2D eigenvalue weighted by Crippen LogP contribution is -1.89. The second-order valence-corrected chi connectivity index (χ2v) is 4.29. The van der Waals surface area contributed by atoms with Crippen molar-refractivity contribution in [2.45, 2.75) is 6.92 Å². The van der Waals surface area contributed by atoms with Crippen LogP contribution in [0.3, 0.4) is 0 Å². The van der Waals surface area contributed by atoms with Crippen LogP contribution in [0.15, 0.2) is 22.7 Å². The van der Waals surface area contributed by atoms with E-state index < -0.39 is 0 Å². The molecule has 1 aromatic heterocycles. The van der Waals surface area contributed by atoms with E-state index in [1.54, 1.807) is 7.11 Å². The lowest BCUT2D eigenvalue weighted by molar-refractivity contribution is 0.416. The number of nitrogens with two attached hydrogens (primary N) is 1. The molecule has 5 heteroatoms. The van der Waals surface area contributed by atoms with Gasteiger partial charge in [0.1, 0.15) is 5.75 Å². The number of nitrogen functional groups attached to an aromatic ring is 1. The quantitative estimate of drug-likeness (QED) is 0.890. The van der Waals surface area contributed by atoms with Gasteiger partial charge in [0, 0.05) is 5.56 Å². The maximum absolute atomic E-state index is 5.68. The molecule has 2 rings (SSSR count). The Hall–Kier alpha value is -1.49. The molecule has 0 radical (unpaired) electrons. The van der Waals surface area contributed by atoms with Crippen molar-refractivity contribution >= 4 is 21.7 Å². The first-order valence-electron chi connectivity index (χ1n) is 4.78. The molecule has 1 aromatic carbocycles. The molecule has 0 aliphatic carbocycles. The number of ether oxygens (including phenoxy) is 1. The number of anilines is 1. The third kappa shape index (κ3) is 1.78. The smallest absolute Gasteiger partial charge is 0.160 e. The van der Waals surface area contributed by atoms with Gasteiger partial charge in [-0.3, -0.25) is 5.10 Å². The number of benzene rings is 1. The molecule has 1 heterocycles. The summed E-state index contributed by atoms with van der Waals surface area (Å²) in [6.07, 6.45) is 0. The molecular weight excluding hydrogens is 270 g/mol. The van der Waals surface area contributed by atoms with Gasteiger partial charge in [0.2, 0.25) is 0 Å². The Kier molecular flexibility index (Phi) is 2.87. The Morgan fingerprint density at radius 3 is 2.75 bits per heavy atom. The van der Waals surface area contributed by atoms with Crippen molar-refractivity contribution in [1.82, 2.24) is 10.2 Å². The third-order valence-corrected chi connectivity index (χ3v) is 3.16. The maximum Gasteiger partial charge on any atom is 0.160 e. The fourth-order valence-corrected chi connectivity index (χ4v) is 1.93. The molecule has 3 N–H and O–H groups in total. The number of aryl methyl sites for hydroxylation is 1. The average Bonchev–Trinajstić information content (AvgIpc) is 2.60. The summed E-state index contributed by atoms with van der Waals surface area (Å²) >= 11 is 3.40. The summed E-state index contributed by atoms with van der Waals surface area (Å²) in [7, 11) is 1.64. The van der Waals surface area contributed by atoms with E-state index in [4.69, 9.17) is 10.5 Å². The van der Waals surface area contributed by atoms with Gasteiger partial charge in [-0.25, -0.2) is 0 Å². The van der Waals surface area contributed by atoms with Gasteiger partial charge >= 0.3 is 0 Å². The number of aromatic amines is 1. The van der Waals surface area contributed by atoms with E-state index in [2.05, 4.69) is 26.1 Å². The molecule has 0 saturated heterocycles. The number of aromatic nitrogens is 2. The van der Waals surface area contributed by atoms with Crippen LogP contribution in [-0.4, -0.2) is 17.3 Å². The Balaban J connectivity index is 2.62. The van der Waals surface area contributed by atoms with Crippen molar-refractivity contribution < 1.29 is 4.74 Å². The minimum absolute atomic E-state index is 0.443. The first-order valence-corrected chi connectivity index (χ1v) is 5.57. The molecule has 0 bridgehead atoms. The fourth-order valence-electron chi connectivity index (χ4n) is 1.54. The van der Waals surface area contributed by atoms with Crippen molar-refractivity contribution in [3.63, 3.8) is 0 Å². The normalized spacial score (nSPS) is 10.4. The van der Waals surface area contributed by atoms with Crippen LogP contribution in [-0.2, 0) is 0 Å². The lowest BCUT2D eigenvalue weighted by Gasteiger charge is -2.08. The highest BCUT2D eigenvalue weighted by Gasteiger charge is 2.14. The van der Waals surface area contributed by atoms with Crippen LogP contribution in [0, 0.1) is 6.92 Å². The largest absolute Gasteiger partial charge is 0.496 e. The van der Waals surface area contributed by atoms with Crippen LogP contribution in [0.2, 0.25) is 0 Å². The van der Waals surface area contributed by atoms with Crippen LogP contribution in [0.4, 0.5) is 5.82 Å². The molecule has 0 unspecified atom stereocenters. The van der Waals surface area contributed by atoms with Gasteiger partial charge < -0.3 is 10.5 Å². The Labute approximate surface area is 102 Å². The second-order valence-electron chi connectivity index (χ2n) is 3.50. The molecule has 0 spiro atoms. The van der Waals surface area contributed by atoms with Gasteiger partial charge in [0.25, 0.3) is 0 Å². The first kappa shape index (κ1) is 11.0. The zero-order chi connectivity index (χ0) is 11.7. The highest BCUT2D eigenvalue weighted by atomic mass is 79.9. The molecule has 0 fully saturated rings. The number of rotatable bonds is 2. The summed E-state index contributed by atoms with van der Waals surface area (Å²) in [6.45, 7) is 2.02. The standard InChI is InChI=1S/C11H12BrN3O/c1-6-3-4-8(16-2)7(5-6)10-9(12)11(13)15-14-10/h3-5H,1-2H3,(H3,13,14,15). The first-order chi connectivity index (χ1) is 7.63. The van der Waals surface area contributed by atoms with E-state index in [1.165, 1.54) is 0 Å². The van der Waals surface area contributed by atoms with Crippen LogP contribution < -0.4 is 10.5 Å². The van der Waals surface area contributed by atoms with Crippen molar-refractivity contribution in [3.05, 3.63) is 28.2 Å². The lowest BCUT2D eigenvalue weighted by atomic mass is 10.1. The van der Waals surface area contributed by atoms with E-state index in [0.717, 1.165) is 27.0 Å². The monoisotopic (exact) mass is 281 g/mol. The van der Waals surface area contributed by atoms with Crippen LogP contribution in [0.25, 0.3) is 11.3 Å². The number of halogens is 1. The van der Waals surface area contributed by atoms with Crippen LogP contribution >= 0.6 is 15.9 Å². The molecule has 2 aromatic rings. The highest BCUT2D eigenvalue weighted by molar-refractivity contribution is 9.10. The van der Waals surface area contributed by atoms with Gasteiger partial charge in [0.15, 0.2) is 5.82 Å². The highest BCUT2D eigenvalue weighted by Crippen LogP contribution is 2.36. The average molecular weight is 282 g/mol. The van der Waals surface area contributed by atoms with E-state index in [1.807, 2.05) is 25.1 Å². The van der Waals surface area contributed by atoms with Crippen LogP contribution in [0.5, 0.6) is 5.75 Å². The minimum atomic E-state index is 0.443. The Bertz CT molecular complexity index is 522. The topological polar surface area (TPSA) is 63.9 Å². The summed E-state index contributed by atoms with van der Waals surface area (Å²) in [5, 5.41) is 6.84. The third-order valence-electron chi connectivity index (χ3n) is 2.36. The van der Waals surface area contributed by atoms with E-state index >= 15 is 0 Å². The summed E-state index contributed by atoms with van der Waals surface area (Å²) in [5.74, 6) is 1.23. The molecule has 0 atom stereocenters. The Morgan fingerprint density at radius 2 is 2.19 bits per heavy atom. The molecule has 16 heavy (non-hydrogen) atoms. The van der Waals surface area contributed by atoms with Gasteiger partial charge in [-0.1, -0.05) is 11.6 Å². The summed E-state index contributed by atoms with van der Waals surface area (Å²) in [4.78, 5) is 0.